The molecule has 0 bridgehead atoms. The molecule has 82 heavy (non-hydrogen) atoms. The molecule has 0 aliphatic rings. The Morgan fingerprint density at radius 2 is 0.634 bits per heavy atom. The third kappa shape index (κ3) is 46.1. The van der Waals surface area contributed by atoms with E-state index in [0.29, 0.717) is 58.7 Å². The molecule has 0 aromatic carbocycles. The number of amides is 4. The van der Waals surface area contributed by atoms with E-state index < -0.39 is 12.1 Å². The van der Waals surface area contributed by atoms with E-state index in [-0.39, 0.29) is 42.1 Å². The van der Waals surface area contributed by atoms with Crippen molar-refractivity contribution in [3.8, 4) is 0 Å². The molecule has 10 heteroatoms. The Bertz CT molecular complexity index is 1480. The molecule has 0 rings (SSSR count). The molecule has 0 saturated heterocycles. The van der Waals surface area contributed by atoms with E-state index in [4.69, 9.17) is 0 Å². The number of unbranched alkanes of at least 4 members (excludes halogenated alkanes) is 30. The summed E-state index contributed by atoms with van der Waals surface area (Å²) in [4.78, 5) is 63.0. The van der Waals surface area contributed by atoms with Crippen molar-refractivity contribution in [2.45, 2.75) is 324 Å². The molecular formula is C72H135N5O5. The highest BCUT2D eigenvalue weighted by atomic mass is 16.3. The van der Waals surface area contributed by atoms with E-state index in [1.165, 1.54) is 128 Å². The molecule has 0 aliphatic carbocycles. The first-order valence-corrected chi connectivity index (χ1v) is 35.1. The topological polar surface area (TPSA) is 122 Å². The Kier molecular flexibility index (Phi) is 57.1. The van der Waals surface area contributed by atoms with Gasteiger partial charge in [-0.3, -0.25) is 24.1 Å². The van der Waals surface area contributed by atoms with Gasteiger partial charge in [0.15, 0.2) is 0 Å². The summed E-state index contributed by atoms with van der Waals surface area (Å²) in [6, 6.07) is -1.24. The van der Waals surface area contributed by atoms with Crippen molar-refractivity contribution < 1.29 is 24.3 Å². The lowest BCUT2D eigenvalue weighted by Crippen LogP contribution is -2.56. The molecule has 0 radical (unpaired) electrons. The van der Waals surface area contributed by atoms with Gasteiger partial charge in [-0.1, -0.05) is 258 Å². The summed E-state index contributed by atoms with van der Waals surface area (Å²) < 4.78 is 0. The van der Waals surface area contributed by atoms with Gasteiger partial charge in [0.05, 0.1) is 6.61 Å². The molecule has 478 valence electrons. The predicted molar refractivity (Wildman–Crippen MR) is 354 cm³/mol. The lowest BCUT2D eigenvalue weighted by Gasteiger charge is -2.37. The smallest absolute Gasteiger partial charge is 0.243 e. The van der Waals surface area contributed by atoms with Crippen LogP contribution < -0.4 is 10.6 Å². The van der Waals surface area contributed by atoms with Crippen molar-refractivity contribution in [1.82, 2.24) is 25.3 Å². The average molecular weight is 1150 g/mol. The zero-order chi connectivity index (χ0) is 60.4. The first-order valence-electron chi connectivity index (χ1n) is 35.1. The molecule has 0 saturated carbocycles. The van der Waals surface area contributed by atoms with Crippen molar-refractivity contribution in [3.63, 3.8) is 0 Å². The fraction of sp³-hybridized carbons (Fsp3) is 0.833. The number of hydrogen-bond donors (Lipinski definition) is 3. The molecule has 0 aliphatic heterocycles. The molecule has 0 aromatic rings. The van der Waals surface area contributed by atoms with Crippen LogP contribution in [-0.4, -0.2) is 108 Å². The van der Waals surface area contributed by atoms with Gasteiger partial charge in [-0.25, -0.2) is 0 Å². The fourth-order valence-electron chi connectivity index (χ4n) is 11.0. The lowest BCUT2D eigenvalue weighted by molar-refractivity contribution is -0.143. The number of nitrogens with zero attached hydrogens (tertiary/aromatic N) is 3. The average Bonchev–Trinajstić information content (AvgIpc) is 3.57. The van der Waals surface area contributed by atoms with Crippen LogP contribution in [0.1, 0.15) is 312 Å². The second-order valence-corrected chi connectivity index (χ2v) is 24.6. The standard InChI is InChI=1S/C72H135N5O5/c1-9-13-17-21-25-29-31-33-35-37-39-41-43-47-51-55-67(79)76(69(65(5)6)71(81)73-57-53-49-45-27-23-19-15-11-3)61-59-75(63-64-78)60-62-77(70(66(7)8)72(82)74-58-54-50-46-28-24-20-16-12-4)68(80)56-52-48-44-42-40-38-36-34-32-30-26-22-18-14-10-2/h25-26,29-30,33-36,65-66,69-70,78H,9-24,27-28,31-32,37-64H2,1-8H3,(H,73,81)(H,74,82)/b29-25-,30-26-,35-33-,36-34-. The zero-order valence-corrected chi connectivity index (χ0v) is 55.3. The monoisotopic (exact) mass is 1150 g/mol. The van der Waals surface area contributed by atoms with Crippen LogP contribution in [0.4, 0.5) is 0 Å². The second kappa shape index (κ2) is 59.5. The van der Waals surface area contributed by atoms with Crippen molar-refractivity contribution in [2.75, 3.05) is 52.4 Å². The second-order valence-electron chi connectivity index (χ2n) is 24.6. The lowest BCUT2D eigenvalue weighted by atomic mass is 9.99. The third-order valence-corrected chi connectivity index (χ3v) is 16.2. The Morgan fingerprint density at radius 1 is 0.354 bits per heavy atom. The van der Waals surface area contributed by atoms with E-state index in [2.05, 4.69) is 91.8 Å². The molecule has 3 N–H and O–H groups in total. The van der Waals surface area contributed by atoms with Gasteiger partial charge in [0.1, 0.15) is 12.1 Å². The zero-order valence-electron chi connectivity index (χ0n) is 55.3. The summed E-state index contributed by atoms with van der Waals surface area (Å²) >= 11 is 0. The highest BCUT2D eigenvalue weighted by molar-refractivity contribution is 5.88. The number of carbonyl (C=O) groups is 4. The van der Waals surface area contributed by atoms with Crippen LogP contribution in [0.3, 0.4) is 0 Å². The molecule has 0 fully saturated rings. The first kappa shape index (κ1) is 78.8. The molecule has 2 atom stereocenters. The summed E-state index contributed by atoms with van der Waals surface area (Å²) in [6.07, 6.45) is 62.6. The Labute approximate surface area is 508 Å². The molecule has 10 nitrogen and oxygen atoms in total. The van der Waals surface area contributed by atoms with Gasteiger partial charge in [0, 0.05) is 58.7 Å². The molecule has 4 amide bonds. The van der Waals surface area contributed by atoms with Gasteiger partial charge in [-0.05, 0) is 102 Å². The van der Waals surface area contributed by atoms with Crippen LogP contribution in [0.15, 0.2) is 48.6 Å². The molecule has 0 heterocycles. The molecule has 0 spiro atoms. The van der Waals surface area contributed by atoms with Gasteiger partial charge in [-0.2, -0.15) is 0 Å². The maximum Gasteiger partial charge on any atom is 0.243 e. The number of rotatable bonds is 60. The summed E-state index contributed by atoms with van der Waals surface area (Å²) in [5.74, 6) is -0.394. The van der Waals surface area contributed by atoms with Crippen LogP contribution in [0.2, 0.25) is 0 Å². The van der Waals surface area contributed by atoms with E-state index in [0.717, 1.165) is 116 Å². The van der Waals surface area contributed by atoms with Gasteiger partial charge >= 0.3 is 0 Å². The van der Waals surface area contributed by atoms with Crippen molar-refractivity contribution in [2.24, 2.45) is 11.8 Å². The number of aliphatic hydroxyl groups excluding tert-OH is 1. The number of nitrogens with one attached hydrogen (secondary N) is 2. The van der Waals surface area contributed by atoms with Gasteiger partial charge in [0.2, 0.25) is 23.6 Å². The highest BCUT2D eigenvalue weighted by Gasteiger charge is 2.34. The number of allylic oxidation sites excluding steroid dienone is 8. The van der Waals surface area contributed by atoms with Crippen LogP contribution >= 0.6 is 0 Å². The van der Waals surface area contributed by atoms with E-state index >= 15 is 0 Å². The SMILES string of the molecule is CCCCC/C=C\C/C=C\CCCCCCCC(=O)N(CCN(CCO)CCN(C(=O)CCCCCCC/C=C\C/C=C\CCCCC)C(C(=O)NCCCCCCCCCC)C(C)C)C(C(=O)NCCCCCCCCCC)C(C)C. The molecular weight excluding hydrogens is 1010 g/mol. The molecule has 0 aromatic heterocycles. The van der Waals surface area contributed by atoms with Gasteiger partial charge in [-0.15, -0.1) is 0 Å². The number of aliphatic hydroxyl groups is 1. The van der Waals surface area contributed by atoms with Crippen LogP contribution in [0.25, 0.3) is 0 Å². The van der Waals surface area contributed by atoms with Gasteiger partial charge in [0.25, 0.3) is 0 Å². The largest absolute Gasteiger partial charge is 0.395 e. The minimum Gasteiger partial charge on any atom is -0.395 e. The van der Waals surface area contributed by atoms with Crippen molar-refractivity contribution >= 4 is 23.6 Å². The van der Waals surface area contributed by atoms with E-state index in [1.807, 2.05) is 37.5 Å². The summed E-state index contributed by atoms with van der Waals surface area (Å²) in [5, 5.41) is 16.9. The van der Waals surface area contributed by atoms with E-state index in [9.17, 15) is 24.3 Å². The minimum absolute atomic E-state index is 0.00205. The van der Waals surface area contributed by atoms with Crippen LogP contribution in [-0.2, 0) is 19.2 Å². The van der Waals surface area contributed by atoms with Crippen LogP contribution in [0.5, 0.6) is 0 Å². The summed E-state index contributed by atoms with van der Waals surface area (Å²) in [6.45, 7) is 20.1. The number of hydrogen-bond acceptors (Lipinski definition) is 6. The summed E-state index contributed by atoms with van der Waals surface area (Å²) in [5.41, 5.74) is 0. The maximum atomic E-state index is 14.5. The normalized spacial score (nSPS) is 12.8. The maximum absolute atomic E-state index is 14.5. The third-order valence-electron chi connectivity index (χ3n) is 16.2. The minimum atomic E-state index is -0.618. The van der Waals surface area contributed by atoms with Crippen molar-refractivity contribution in [3.05, 3.63) is 48.6 Å². The predicted octanol–water partition coefficient (Wildman–Crippen LogP) is 18.1. The van der Waals surface area contributed by atoms with Crippen molar-refractivity contribution in [1.29, 1.82) is 0 Å². The van der Waals surface area contributed by atoms with Crippen LogP contribution in [0, 0.1) is 11.8 Å². The van der Waals surface area contributed by atoms with E-state index in [1.54, 1.807) is 0 Å². The Balaban J connectivity index is 6.09. The summed E-state index contributed by atoms with van der Waals surface area (Å²) in [7, 11) is 0. The Hall–Kier alpha value is -3.24. The quantitative estimate of drug-likeness (QED) is 0.0412. The Morgan fingerprint density at radius 3 is 0.951 bits per heavy atom. The highest BCUT2D eigenvalue weighted by Crippen LogP contribution is 2.20. The van der Waals surface area contributed by atoms with Gasteiger partial charge < -0.3 is 25.5 Å². The first-order chi connectivity index (χ1) is 40.0. The fourth-order valence-corrected chi connectivity index (χ4v) is 11.0. The number of carbonyl (C=O) groups excluding carboxylic acids is 4. The molecule has 2 unspecified atom stereocenters.